The van der Waals surface area contributed by atoms with Gasteiger partial charge < -0.3 is 11.1 Å². The van der Waals surface area contributed by atoms with Gasteiger partial charge in [0.15, 0.2) is 0 Å². The molecule has 1 heterocycles. The molecule has 1 unspecified atom stereocenters. The molecule has 1 saturated heterocycles. The average Bonchev–Trinajstić information content (AvgIpc) is 2.11. The molecular weight excluding hydrogens is 146 g/mol. The molecule has 1 aliphatic rings. The van der Waals surface area contributed by atoms with Gasteiger partial charge in [0.1, 0.15) is 0 Å². The monoisotopic (exact) mass is 157 g/mol. The van der Waals surface area contributed by atoms with E-state index >= 15 is 0 Å². The van der Waals surface area contributed by atoms with Gasteiger partial charge in [0, 0.05) is 13.1 Å². The van der Waals surface area contributed by atoms with Crippen LogP contribution in [0.25, 0.3) is 0 Å². The minimum atomic E-state index is -0.286. The fourth-order valence-corrected chi connectivity index (χ4v) is 0.927. The van der Waals surface area contributed by atoms with Crippen molar-refractivity contribution < 1.29 is 9.59 Å². The molecule has 0 saturated carbocycles. The number of nitrogens with two attached hydrogens (primary N) is 1. The summed E-state index contributed by atoms with van der Waals surface area (Å²) < 4.78 is 0. The van der Waals surface area contributed by atoms with Crippen LogP contribution in [0, 0.1) is 5.92 Å². The van der Waals surface area contributed by atoms with Crippen molar-refractivity contribution in [3.05, 3.63) is 0 Å². The van der Waals surface area contributed by atoms with Gasteiger partial charge >= 0.3 is 0 Å². The normalized spacial score (nSPS) is 26.1. The molecule has 1 fully saturated rings. The van der Waals surface area contributed by atoms with Crippen molar-refractivity contribution >= 4 is 11.8 Å². The van der Waals surface area contributed by atoms with Crippen molar-refractivity contribution in [2.45, 2.75) is 0 Å². The van der Waals surface area contributed by atoms with E-state index in [-0.39, 0.29) is 30.8 Å². The fourth-order valence-electron chi connectivity index (χ4n) is 0.927. The fraction of sp³-hybridized carbons (Fsp3) is 0.667. The van der Waals surface area contributed by atoms with Crippen LogP contribution in [0.1, 0.15) is 0 Å². The Morgan fingerprint density at radius 3 is 2.91 bits per heavy atom. The summed E-state index contributed by atoms with van der Waals surface area (Å²) >= 11 is 0. The summed E-state index contributed by atoms with van der Waals surface area (Å²) in [5, 5.41) is 5.04. The zero-order chi connectivity index (χ0) is 8.27. The SMILES string of the molecule is NCC1CNCC(=O)NC1=O. The van der Waals surface area contributed by atoms with Crippen LogP contribution < -0.4 is 16.4 Å². The first-order chi connectivity index (χ1) is 5.24. The molecular formula is C6H11N3O2. The highest BCUT2D eigenvalue weighted by Crippen LogP contribution is 1.94. The Morgan fingerprint density at radius 2 is 2.27 bits per heavy atom. The quantitative estimate of drug-likeness (QED) is 0.377. The van der Waals surface area contributed by atoms with Crippen molar-refractivity contribution in [1.29, 1.82) is 0 Å². The van der Waals surface area contributed by atoms with Crippen LogP contribution in [0.15, 0.2) is 0 Å². The van der Waals surface area contributed by atoms with Gasteiger partial charge in [-0.15, -0.1) is 0 Å². The predicted octanol–water partition coefficient (Wildman–Crippen LogP) is -2.19. The van der Waals surface area contributed by atoms with Crippen molar-refractivity contribution in [3.63, 3.8) is 0 Å². The smallest absolute Gasteiger partial charge is 0.240 e. The third-order valence-corrected chi connectivity index (χ3v) is 1.59. The van der Waals surface area contributed by atoms with Crippen molar-refractivity contribution in [2.75, 3.05) is 19.6 Å². The Bertz CT molecular complexity index is 181. The van der Waals surface area contributed by atoms with E-state index in [1.165, 1.54) is 0 Å². The molecule has 2 amide bonds. The van der Waals surface area contributed by atoms with Crippen LogP contribution in [-0.2, 0) is 9.59 Å². The molecule has 11 heavy (non-hydrogen) atoms. The second kappa shape index (κ2) is 3.45. The molecule has 62 valence electrons. The molecule has 5 heteroatoms. The largest absolute Gasteiger partial charge is 0.330 e. The molecule has 1 atom stereocenters. The summed E-state index contributed by atoms with van der Waals surface area (Å²) in [5.74, 6) is -0.838. The van der Waals surface area contributed by atoms with Gasteiger partial charge in [0.25, 0.3) is 0 Å². The van der Waals surface area contributed by atoms with Gasteiger partial charge in [0.05, 0.1) is 12.5 Å². The Hall–Kier alpha value is -0.940. The van der Waals surface area contributed by atoms with Crippen molar-refractivity contribution in [1.82, 2.24) is 10.6 Å². The minimum Gasteiger partial charge on any atom is -0.330 e. The van der Waals surface area contributed by atoms with Crippen LogP contribution in [0.5, 0.6) is 0 Å². The van der Waals surface area contributed by atoms with Crippen LogP contribution in [-0.4, -0.2) is 31.4 Å². The molecule has 0 aliphatic carbocycles. The van der Waals surface area contributed by atoms with Crippen LogP contribution in [0.2, 0.25) is 0 Å². The predicted molar refractivity (Wildman–Crippen MR) is 38.6 cm³/mol. The Kier molecular flexibility index (Phi) is 2.56. The number of rotatable bonds is 1. The summed E-state index contributed by atoms with van der Waals surface area (Å²) in [4.78, 5) is 21.7. The molecule has 1 aliphatic heterocycles. The van der Waals surface area contributed by atoms with Crippen LogP contribution >= 0.6 is 0 Å². The maximum absolute atomic E-state index is 11.0. The third kappa shape index (κ3) is 1.99. The second-order valence-corrected chi connectivity index (χ2v) is 2.48. The van der Waals surface area contributed by atoms with Crippen LogP contribution in [0.4, 0.5) is 0 Å². The maximum atomic E-state index is 11.0. The van der Waals surface area contributed by atoms with E-state index in [0.717, 1.165) is 0 Å². The van der Waals surface area contributed by atoms with Gasteiger partial charge in [-0.05, 0) is 0 Å². The number of carbonyl (C=O) groups excluding carboxylic acids is 2. The summed E-state index contributed by atoms with van der Waals surface area (Å²) in [6, 6.07) is 0. The van der Waals surface area contributed by atoms with Gasteiger partial charge in [-0.25, -0.2) is 0 Å². The lowest BCUT2D eigenvalue weighted by Gasteiger charge is -2.07. The summed E-state index contributed by atoms with van der Waals surface area (Å²) in [7, 11) is 0. The summed E-state index contributed by atoms with van der Waals surface area (Å²) in [6.45, 7) is 0.947. The lowest BCUT2D eigenvalue weighted by atomic mass is 10.1. The van der Waals surface area contributed by atoms with Crippen molar-refractivity contribution in [3.8, 4) is 0 Å². The van der Waals surface area contributed by atoms with E-state index in [9.17, 15) is 9.59 Å². The van der Waals surface area contributed by atoms with E-state index in [1.807, 2.05) is 0 Å². The lowest BCUT2D eigenvalue weighted by molar-refractivity contribution is -0.130. The van der Waals surface area contributed by atoms with Gasteiger partial charge in [-0.2, -0.15) is 0 Å². The summed E-state index contributed by atoms with van der Waals surface area (Å²) in [5.41, 5.74) is 5.30. The third-order valence-electron chi connectivity index (χ3n) is 1.59. The summed E-state index contributed by atoms with van der Waals surface area (Å²) in [6.07, 6.45) is 0. The van der Waals surface area contributed by atoms with Gasteiger partial charge in [-0.1, -0.05) is 0 Å². The first kappa shape index (κ1) is 8.16. The number of nitrogens with one attached hydrogen (secondary N) is 2. The number of carbonyl (C=O) groups is 2. The first-order valence-electron chi connectivity index (χ1n) is 3.48. The Morgan fingerprint density at radius 1 is 1.55 bits per heavy atom. The second-order valence-electron chi connectivity index (χ2n) is 2.48. The molecule has 0 aromatic carbocycles. The number of hydrogen-bond acceptors (Lipinski definition) is 4. The molecule has 1 rings (SSSR count). The number of imide groups is 1. The molecule has 0 aromatic heterocycles. The maximum Gasteiger partial charge on any atom is 0.240 e. The van der Waals surface area contributed by atoms with E-state index in [2.05, 4.69) is 10.6 Å². The highest BCUT2D eigenvalue weighted by Gasteiger charge is 2.21. The topological polar surface area (TPSA) is 84.2 Å². The van der Waals surface area contributed by atoms with E-state index in [4.69, 9.17) is 5.73 Å². The standard InChI is InChI=1S/C6H11N3O2/c7-1-4-2-8-3-5(10)9-6(4)11/h4,8H,1-3,7H2,(H,9,10,11). The van der Waals surface area contributed by atoms with Gasteiger partial charge in [-0.3, -0.25) is 14.9 Å². The molecule has 0 radical (unpaired) electrons. The lowest BCUT2D eigenvalue weighted by Crippen LogP contribution is -2.37. The van der Waals surface area contributed by atoms with E-state index in [0.29, 0.717) is 6.54 Å². The van der Waals surface area contributed by atoms with Crippen LogP contribution in [0.3, 0.4) is 0 Å². The van der Waals surface area contributed by atoms with E-state index < -0.39 is 0 Å². The highest BCUT2D eigenvalue weighted by molar-refractivity contribution is 5.98. The Labute approximate surface area is 64.3 Å². The first-order valence-corrected chi connectivity index (χ1v) is 3.48. The highest BCUT2D eigenvalue weighted by atomic mass is 16.2. The average molecular weight is 157 g/mol. The molecule has 0 spiro atoms. The molecule has 0 bridgehead atoms. The van der Waals surface area contributed by atoms with E-state index in [1.54, 1.807) is 0 Å². The molecule has 5 nitrogen and oxygen atoms in total. The zero-order valence-electron chi connectivity index (χ0n) is 6.09. The zero-order valence-corrected chi connectivity index (χ0v) is 6.09. The van der Waals surface area contributed by atoms with Crippen molar-refractivity contribution in [2.24, 2.45) is 11.7 Å². The molecule has 4 N–H and O–H groups in total. The Balaban J connectivity index is 2.57. The minimum absolute atomic E-state index is 0.197. The van der Waals surface area contributed by atoms with Gasteiger partial charge in [0.2, 0.25) is 11.8 Å². The number of hydrogen-bond donors (Lipinski definition) is 3. The molecule has 0 aromatic rings. The number of amides is 2.